The van der Waals surface area contributed by atoms with Crippen LogP contribution in [-0.4, -0.2) is 27.8 Å². The number of nitrogens with two attached hydrogens (primary N) is 1. The summed E-state index contributed by atoms with van der Waals surface area (Å²) in [6, 6.07) is 1.37. The fraction of sp³-hybridized carbons (Fsp3) is 0.391. The van der Waals surface area contributed by atoms with Crippen LogP contribution in [0.1, 0.15) is 69.1 Å². The Kier molecular flexibility index (Phi) is 2.55. The summed E-state index contributed by atoms with van der Waals surface area (Å²) in [6.07, 6.45) is -2.14. The maximum absolute atomic E-state index is 15.0. The van der Waals surface area contributed by atoms with Crippen molar-refractivity contribution in [3.63, 3.8) is 0 Å². The Balaban J connectivity index is 1.83. The second-order valence-electron chi connectivity index (χ2n) is 6.51. The van der Waals surface area contributed by atoms with Crippen LogP contribution >= 0.6 is 0 Å². The first-order chi connectivity index (χ1) is 20.3. The fourth-order valence-corrected chi connectivity index (χ4v) is 2.94. The summed E-state index contributed by atoms with van der Waals surface area (Å²) in [4.78, 5) is 3.86. The third-order valence-electron chi connectivity index (χ3n) is 4.53. The number of benzene rings is 1. The third kappa shape index (κ3) is 4.03. The summed E-state index contributed by atoms with van der Waals surface area (Å²) in [7, 11) is 0. The highest BCUT2D eigenvalue weighted by Crippen LogP contribution is 2.33. The van der Waals surface area contributed by atoms with Gasteiger partial charge in [0, 0.05) is 48.3 Å². The number of aromatic nitrogens is 3. The molecule has 30 heavy (non-hydrogen) atoms. The highest BCUT2D eigenvalue weighted by molar-refractivity contribution is 5.66. The molecule has 2 aromatic heterocycles. The first kappa shape index (κ1) is 9.06. The highest BCUT2D eigenvalue weighted by Gasteiger charge is 2.19. The molecule has 2 unspecified atom stereocenters. The molecular weight excluding hydrogens is 381 g/mol. The van der Waals surface area contributed by atoms with Crippen molar-refractivity contribution in [3.05, 3.63) is 59.3 Å². The smallest absolute Gasteiger partial charge is 0.166 e. The SMILES string of the molecule is [2H]c1nc(N)c(O[C@@H](c2c(C([2H])([2H])[2H])ccc(F)c2C([2H])([2H])[2H])C([2H])([2H])[2H])cc1-c1cnn(C2CC([2H])([2H])NC([2H])([2H])C2[2H])c1. The van der Waals surface area contributed by atoms with Crippen molar-refractivity contribution in [3.8, 4) is 16.9 Å². The minimum absolute atomic E-state index is 0.0671. The first-order valence-corrected chi connectivity index (χ1v) is 8.87. The molecule has 0 bridgehead atoms. The predicted molar refractivity (Wildman–Crippen MR) is 116 cm³/mol. The molecule has 0 aliphatic carbocycles. The topological polar surface area (TPSA) is 78.0 Å². The Bertz CT molecular complexity index is 1580. The normalized spacial score (nSPS) is 32.1. The molecular formula is C23H28FN5O. The second-order valence-corrected chi connectivity index (χ2v) is 6.51. The monoisotopic (exact) mass is 424 g/mol. The van der Waals surface area contributed by atoms with Gasteiger partial charge in [-0.05, 0) is 69.6 Å². The quantitative estimate of drug-likeness (QED) is 0.637. The molecule has 1 aliphatic rings. The van der Waals surface area contributed by atoms with E-state index in [0.717, 1.165) is 16.8 Å². The first-order valence-electron chi connectivity index (χ1n) is 16.4. The van der Waals surface area contributed by atoms with Crippen LogP contribution in [0, 0.1) is 19.5 Å². The van der Waals surface area contributed by atoms with Gasteiger partial charge in [0.1, 0.15) is 11.9 Å². The van der Waals surface area contributed by atoms with Crippen molar-refractivity contribution < 1.29 is 29.7 Å². The van der Waals surface area contributed by atoms with E-state index in [2.05, 4.69) is 15.4 Å². The van der Waals surface area contributed by atoms with Crippen LogP contribution in [0.2, 0.25) is 0 Å². The minimum Gasteiger partial charge on any atom is -0.482 e. The summed E-state index contributed by atoms with van der Waals surface area (Å²) in [5, 5.41) is 6.27. The second kappa shape index (κ2) is 8.44. The van der Waals surface area contributed by atoms with Crippen molar-refractivity contribution >= 4 is 5.82 Å². The number of aryl methyl sites for hydroxylation is 1. The van der Waals surface area contributed by atoms with Crippen molar-refractivity contribution in [1.82, 2.24) is 20.1 Å². The van der Waals surface area contributed by atoms with Crippen LogP contribution in [0.15, 0.2) is 36.8 Å². The van der Waals surface area contributed by atoms with Gasteiger partial charge >= 0.3 is 0 Å². The van der Waals surface area contributed by atoms with Gasteiger partial charge in [0.15, 0.2) is 11.6 Å². The Hall–Kier alpha value is -2.93. The summed E-state index contributed by atoms with van der Waals surface area (Å²) < 4.78 is 142. The zero-order valence-electron chi connectivity index (χ0n) is 30.5. The van der Waals surface area contributed by atoms with E-state index < -0.39 is 92.3 Å². The number of rotatable bonds is 5. The number of nitrogens with one attached hydrogen (secondary N) is 1. The average Bonchev–Trinajstić information content (AvgIpc) is 3.32. The molecule has 3 atom stereocenters. The molecule has 1 fully saturated rings. The lowest BCUT2D eigenvalue weighted by Gasteiger charge is -2.22. The maximum Gasteiger partial charge on any atom is 0.166 e. The van der Waals surface area contributed by atoms with E-state index in [9.17, 15) is 4.39 Å². The number of ether oxygens (including phenoxy) is 1. The Labute approximate surface area is 197 Å². The molecule has 3 N–H and O–H groups in total. The number of nitrogen functional groups attached to an aromatic ring is 1. The van der Waals surface area contributed by atoms with E-state index in [1.807, 2.05) is 0 Å². The number of anilines is 1. The van der Waals surface area contributed by atoms with Gasteiger partial charge in [0.2, 0.25) is 0 Å². The number of hydrogen-bond acceptors (Lipinski definition) is 5. The van der Waals surface area contributed by atoms with Gasteiger partial charge < -0.3 is 15.8 Å². The van der Waals surface area contributed by atoms with Gasteiger partial charge in [0.25, 0.3) is 0 Å². The zero-order valence-corrected chi connectivity index (χ0v) is 15.5. The average molecular weight is 425 g/mol. The summed E-state index contributed by atoms with van der Waals surface area (Å²) >= 11 is 0. The Morgan fingerprint density at radius 3 is 3.17 bits per heavy atom. The van der Waals surface area contributed by atoms with Crippen LogP contribution in [-0.2, 0) is 0 Å². The molecule has 4 rings (SSSR count). The van der Waals surface area contributed by atoms with E-state index in [4.69, 9.17) is 31.0 Å². The van der Waals surface area contributed by atoms with Crippen LogP contribution < -0.4 is 15.8 Å². The van der Waals surface area contributed by atoms with Crippen molar-refractivity contribution in [1.29, 1.82) is 0 Å². The zero-order chi connectivity index (χ0) is 34.1. The molecule has 158 valence electrons. The van der Waals surface area contributed by atoms with Gasteiger partial charge in [0.05, 0.1) is 13.6 Å². The summed E-state index contributed by atoms with van der Waals surface area (Å²) in [5.74, 6) is -2.42. The van der Waals surface area contributed by atoms with Gasteiger partial charge in [-0.15, -0.1) is 0 Å². The number of halogens is 1. The van der Waals surface area contributed by atoms with E-state index in [0.29, 0.717) is 6.07 Å². The third-order valence-corrected chi connectivity index (χ3v) is 4.53. The molecule has 6 nitrogen and oxygen atoms in total. The highest BCUT2D eigenvalue weighted by atomic mass is 19.1. The molecule has 0 radical (unpaired) electrons. The number of nitrogens with zero attached hydrogens (tertiary/aromatic N) is 3. The van der Waals surface area contributed by atoms with Gasteiger partial charge in [-0.1, -0.05) is 6.07 Å². The lowest BCUT2D eigenvalue weighted by molar-refractivity contribution is 0.225. The number of hydrogen-bond donors (Lipinski definition) is 2. The molecule has 3 aromatic rings. The molecule has 7 heteroatoms. The summed E-state index contributed by atoms with van der Waals surface area (Å²) in [6.45, 7) is -14.2. The molecule has 0 saturated carbocycles. The molecule has 3 heterocycles. The van der Waals surface area contributed by atoms with Crippen molar-refractivity contribution in [2.45, 2.75) is 45.5 Å². The van der Waals surface area contributed by atoms with Gasteiger partial charge in [-0.2, -0.15) is 5.10 Å². The van der Waals surface area contributed by atoms with E-state index >= 15 is 0 Å². The maximum atomic E-state index is 15.0. The predicted octanol–water partition coefficient (Wildman–Crippen LogP) is 4.35. The Morgan fingerprint density at radius 1 is 1.40 bits per heavy atom. The van der Waals surface area contributed by atoms with Crippen LogP contribution in [0.4, 0.5) is 10.2 Å². The largest absolute Gasteiger partial charge is 0.482 e. The standard InChI is InChI=1S/C23H28FN5O/c1-14-4-5-20(24)15(2)22(14)16(3)30-21-10-17(11-27-23(21)25)18-12-28-29(13-18)19-6-8-26-9-7-19/h4-5,10-13,16,19,26H,6-9H2,1-3H3,(H2,25,27)/t16-/m1/s1/i1D3,2D3,3D3,6D,8D2,9D2,11D/t6?,16-,19?. The number of pyridine rings is 1. The van der Waals surface area contributed by atoms with Crippen LogP contribution in [0.25, 0.3) is 11.1 Å². The minimum atomic E-state index is -3.29. The van der Waals surface area contributed by atoms with Crippen LogP contribution in [0.3, 0.4) is 0 Å². The fourth-order valence-electron chi connectivity index (χ4n) is 2.94. The van der Waals surface area contributed by atoms with Crippen molar-refractivity contribution in [2.75, 3.05) is 18.7 Å². The van der Waals surface area contributed by atoms with Crippen molar-refractivity contribution in [2.24, 2.45) is 0 Å². The summed E-state index contributed by atoms with van der Waals surface area (Å²) in [5.41, 5.74) is 3.14. The molecule has 1 saturated heterocycles. The lowest BCUT2D eigenvalue weighted by Crippen LogP contribution is -2.29. The van der Waals surface area contributed by atoms with E-state index in [1.54, 1.807) is 0 Å². The molecule has 0 amide bonds. The lowest BCUT2D eigenvalue weighted by atomic mass is 9.98. The van der Waals surface area contributed by atoms with Gasteiger partial charge in [-0.25, -0.2) is 9.37 Å². The molecule has 1 aliphatic heterocycles. The molecule has 0 spiro atoms. The Morgan fingerprint density at radius 2 is 2.33 bits per heavy atom. The van der Waals surface area contributed by atoms with Crippen LogP contribution in [0.5, 0.6) is 5.75 Å². The molecule has 1 aromatic carbocycles. The van der Waals surface area contributed by atoms with Gasteiger partial charge in [-0.3, -0.25) is 4.68 Å². The van der Waals surface area contributed by atoms with E-state index in [1.165, 1.54) is 12.4 Å². The number of piperidine rings is 1. The van der Waals surface area contributed by atoms with E-state index in [-0.39, 0.29) is 17.5 Å².